The number of methoxy groups -OCH3 is 1. The lowest BCUT2D eigenvalue weighted by atomic mass is 9.90. The highest BCUT2D eigenvalue weighted by molar-refractivity contribution is 5.91. The number of carbonyl (C=O) groups is 2. The predicted octanol–water partition coefficient (Wildman–Crippen LogP) is 1.47. The van der Waals surface area contributed by atoms with E-state index in [1.165, 1.54) is 7.11 Å². The number of nitrogens with one attached hydrogen (secondary N) is 1. The van der Waals surface area contributed by atoms with Gasteiger partial charge in [0.05, 0.1) is 19.6 Å². The minimum absolute atomic E-state index is 0.369. The summed E-state index contributed by atoms with van der Waals surface area (Å²) in [6.07, 6.45) is 0. The van der Waals surface area contributed by atoms with Crippen molar-refractivity contribution in [2.75, 3.05) is 13.7 Å². The summed E-state index contributed by atoms with van der Waals surface area (Å²) in [5.41, 5.74) is 1.61. The van der Waals surface area contributed by atoms with Gasteiger partial charge in [0.1, 0.15) is 0 Å². The Morgan fingerprint density at radius 1 is 1.00 bits per heavy atom. The molecule has 2 N–H and O–H groups in total. The van der Waals surface area contributed by atoms with Crippen LogP contribution in [0.25, 0.3) is 0 Å². The highest BCUT2D eigenvalue weighted by atomic mass is 16.5. The summed E-state index contributed by atoms with van der Waals surface area (Å²) in [5, 5.41) is 11.8. The van der Waals surface area contributed by atoms with Crippen LogP contribution in [0.5, 0.6) is 0 Å². The summed E-state index contributed by atoms with van der Waals surface area (Å²) in [6, 6.07) is 17.5. The molecule has 0 aromatic heterocycles. The molecule has 0 heterocycles. The van der Waals surface area contributed by atoms with Gasteiger partial charge in [-0.3, -0.25) is 4.79 Å². The molecule has 0 fully saturated rings. The van der Waals surface area contributed by atoms with E-state index in [1.807, 2.05) is 60.7 Å². The fourth-order valence-electron chi connectivity index (χ4n) is 2.36. The SMILES string of the molecule is COC(=O)[C@@H](CO)NC(=O)C(c1ccccc1)c1ccccc1. The Balaban J connectivity index is 2.31. The number of benzene rings is 2. The van der Waals surface area contributed by atoms with Gasteiger partial charge in [-0.2, -0.15) is 0 Å². The lowest BCUT2D eigenvalue weighted by Crippen LogP contribution is -2.46. The van der Waals surface area contributed by atoms with Crippen LogP contribution in [-0.4, -0.2) is 36.7 Å². The lowest BCUT2D eigenvalue weighted by Gasteiger charge is -2.21. The van der Waals surface area contributed by atoms with Crippen LogP contribution >= 0.6 is 0 Å². The molecule has 0 saturated carbocycles. The zero-order valence-corrected chi connectivity index (χ0v) is 12.8. The molecule has 0 aliphatic heterocycles. The van der Waals surface area contributed by atoms with Gasteiger partial charge in [-0.1, -0.05) is 60.7 Å². The van der Waals surface area contributed by atoms with E-state index in [0.29, 0.717) is 0 Å². The van der Waals surface area contributed by atoms with Crippen LogP contribution in [0.2, 0.25) is 0 Å². The Kier molecular flexibility index (Phi) is 5.88. The van der Waals surface area contributed by atoms with Crippen LogP contribution in [0, 0.1) is 0 Å². The molecule has 23 heavy (non-hydrogen) atoms. The number of hydrogen-bond donors (Lipinski definition) is 2. The first-order valence-electron chi connectivity index (χ1n) is 7.26. The van der Waals surface area contributed by atoms with Gasteiger partial charge in [-0.25, -0.2) is 4.79 Å². The van der Waals surface area contributed by atoms with Crippen molar-refractivity contribution in [3.63, 3.8) is 0 Å². The summed E-state index contributed by atoms with van der Waals surface area (Å²) >= 11 is 0. The molecule has 0 spiro atoms. The molecule has 0 saturated heterocycles. The first-order chi connectivity index (χ1) is 11.2. The average Bonchev–Trinajstić information content (AvgIpc) is 2.61. The molecule has 5 heteroatoms. The maximum absolute atomic E-state index is 12.7. The fraction of sp³-hybridized carbons (Fsp3) is 0.222. The maximum Gasteiger partial charge on any atom is 0.330 e. The van der Waals surface area contributed by atoms with Crippen molar-refractivity contribution in [1.82, 2.24) is 5.32 Å². The van der Waals surface area contributed by atoms with Crippen molar-refractivity contribution in [3.8, 4) is 0 Å². The van der Waals surface area contributed by atoms with Gasteiger partial charge in [0.25, 0.3) is 0 Å². The predicted molar refractivity (Wildman–Crippen MR) is 85.8 cm³/mol. The Hall–Kier alpha value is -2.66. The van der Waals surface area contributed by atoms with Crippen molar-refractivity contribution >= 4 is 11.9 Å². The largest absolute Gasteiger partial charge is 0.467 e. The van der Waals surface area contributed by atoms with E-state index in [2.05, 4.69) is 10.1 Å². The number of rotatable bonds is 6. The minimum atomic E-state index is -1.08. The van der Waals surface area contributed by atoms with Crippen molar-refractivity contribution in [2.45, 2.75) is 12.0 Å². The molecule has 1 amide bonds. The monoisotopic (exact) mass is 313 g/mol. The number of aliphatic hydroxyl groups is 1. The highest BCUT2D eigenvalue weighted by Gasteiger charge is 2.27. The number of ether oxygens (including phenoxy) is 1. The van der Waals surface area contributed by atoms with Crippen molar-refractivity contribution in [2.24, 2.45) is 0 Å². The van der Waals surface area contributed by atoms with Crippen LogP contribution in [0.4, 0.5) is 0 Å². The average molecular weight is 313 g/mol. The lowest BCUT2D eigenvalue weighted by molar-refractivity contribution is -0.146. The van der Waals surface area contributed by atoms with Crippen LogP contribution in [0.15, 0.2) is 60.7 Å². The standard InChI is InChI=1S/C18H19NO4/c1-23-18(22)15(12-20)19-17(21)16(13-8-4-2-5-9-13)14-10-6-3-7-11-14/h2-11,15-16,20H,12H2,1H3,(H,19,21)/t15-/m1/s1. The van der Waals surface area contributed by atoms with Gasteiger partial charge in [0.15, 0.2) is 6.04 Å². The van der Waals surface area contributed by atoms with Gasteiger partial charge < -0.3 is 15.2 Å². The third kappa shape index (κ3) is 4.17. The van der Waals surface area contributed by atoms with Gasteiger partial charge in [-0.15, -0.1) is 0 Å². The molecule has 0 aliphatic carbocycles. The molecule has 0 radical (unpaired) electrons. The number of aliphatic hydroxyl groups excluding tert-OH is 1. The van der Waals surface area contributed by atoms with Gasteiger partial charge in [0, 0.05) is 0 Å². The van der Waals surface area contributed by atoms with E-state index in [9.17, 15) is 14.7 Å². The van der Waals surface area contributed by atoms with Gasteiger partial charge in [-0.05, 0) is 11.1 Å². The smallest absolute Gasteiger partial charge is 0.330 e. The summed E-state index contributed by atoms with van der Waals surface area (Å²) in [4.78, 5) is 24.3. The zero-order valence-electron chi connectivity index (χ0n) is 12.8. The van der Waals surface area contributed by atoms with Crippen molar-refractivity contribution < 1.29 is 19.4 Å². The molecule has 2 aromatic carbocycles. The first-order valence-corrected chi connectivity index (χ1v) is 7.26. The molecule has 0 bridgehead atoms. The molecule has 1 atom stereocenters. The Labute approximate surface area is 134 Å². The first kappa shape index (κ1) is 16.7. The molecule has 2 rings (SSSR count). The van der Waals surface area contributed by atoms with E-state index in [1.54, 1.807) is 0 Å². The highest BCUT2D eigenvalue weighted by Crippen LogP contribution is 2.24. The van der Waals surface area contributed by atoms with Gasteiger partial charge >= 0.3 is 5.97 Å². The number of hydrogen-bond acceptors (Lipinski definition) is 4. The number of carbonyl (C=O) groups excluding carboxylic acids is 2. The van der Waals surface area contributed by atoms with E-state index < -0.39 is 24.5 Å². The molecular formula is C18H19NO4. The van der Waals surface area contributed by atoms with E-state index in [0.717, 1.165) is 11.1 Å². The zero-order chi connectivity index (χ0) is 16.7. The Morgan fingerprint density at radius 3 is 1.87 bits per heavy atom. The number of amides is 1. The summed E-state index contributed by atoms with van der Waals surface area (Å²) in [6.45, 7) is -0.519. The van der Waals surface area contributed by atoms with E-state index in [-0.39, 0.29) is 5.91 Å². The quantitative estimate of drug-likeness (QED) is 0.792. The van der Waals surface area contributed by atoms with Crippen LogP contribution in [0.3, 0.4) is 0 Å². The summed E-state index contributed by atoms with van der Waals surface area (Å²) < 4.78 is 4.58. The Morgan fingerprint density at radius 2 is 1.48 bits per heavy atom. The van der Waals surface area contributed by atoms with Crippen LogP contribution in [-0.2, 0) is 14.3 Å². The van der Waals surface area contributed by atoms with Crippen LogP contribution in [0.1, 0.15) is 17.0 Å². The second-order valence-electron chi connectivity index (χ2n) is 5.02. The maximum atomic E-state index is 12.7. The molecule has 5 nitrogen and oxygen atoms in total. The summed E-state index contributed by atoms with van der Waals surface area (Å²) in [5.74, 6) is -1.62. The van der Waals surface area contributed by atoms with E-state index >= 15 is 0 Å². The van der Waals surface area contributed by atoms with E-state index in [4.69, 9.17) is 0 Å². The van der Waals surface area contributed by atoms with Crippen molar-refractivity contribution in [1.29, 1.82) is 0 Å². The molecular weight excluding hydrogens is 294 g/mol. The normalized spacial score (nSPS) is 11.8. The summed E-state index contributed by atoms with van der Waals surface area (Å²) in [7, 11) is 1.21. The Bertz CT molecular complexity index is 603. The third-order valence-electron chi connectivity index (χ3n) is 3.51. The minimum Gasteiger partial charge on any atom is -0.467 e. The van der Waals surface area contributed by atoms with Crippen molar-refractivity contribution in [3.05, 3.63) is 71.8 Å². The van der Waals surface area contributed by atoms with Crippen LogP contribution < -0.4 is 5.32 Å². The number of esters is 1. The molecule has 0 unspecified atom stereocenters. The van der Waals surface area contributed by atoms with Gasteiger partial charge in [0.2, 0.25) is 5.91 Å². The fourth-order valence-corrected chi connectivity index (χ4v) is 2.36. The second kappa shape index (κ2) is 8.10. The third-order valence-corrected chi connectivity index (χ3v) is 3.51. The molecule has 2 aromatic rings. The molecule has 0 aliphatic rings. The second-order valence-corrected chi connectivity index (χ2v) is 5.02. The molecule has 120 valence electrons. The topological polar surface area (TPSA) is 75.6 Å².